The van der Waals surface area contributed by atoms with Crippen LogP contribution in [0.15, 0.2) is 24.3 Å². The molecule has 0 spiro atoms. The standard InChI is InChI=1S/C13H16ClNO/c1-9(14)13(16)15-12-7-6-10-4-2-3-5-11(10)8-12/h2-5,9,12H,6-8H2,1H3,(H,15,16). The van der Waals surface area contributed by atoms with E-state index in [0.717, 1.165) is 19.3 Å². The first-order chi connectivity index (χ1) is 7.66. The van der Waals surface area contributed by atoms with Crippen LogP contribution in [-0.4, -0.2) is 17.3 Å². The van der Waals surface area contributed by atoms with E-state index in [2.05, 4.69) is 23.5 Å². The number of rotatable bonds is 2. The lowest BCUT2D eigenvalue weighted by Crippen LogP contribution is -2.41. The molecule has 16 heavy (non-hydrogen) atoms. The summed E-state index contributed by atoms with van der Waals surface area (Å²) in [5.41, 5.74) is 2.76. The lowest BCUT2D eigenvalue weighted by Gasteiger charge is -2.25. The first kappa shape index (κ1) is 11.5. The van der Waals surface area contributed by atoms with E-state index in [1.807, 2.05) is 6.07 Å². The van der Waals surface area contributed by atoms with Gasteiger partial charge in [0.25, 0.3) is 0 Å². The summed E-state index contributed by atoms with van der Waals surface area (Å²) in [4.78, 5) is 11.5. The lowest BCUT2D eigenvalue weighted by atomic mass is 9.88. The van der Waals surface area contributed by atoms with Crippen molar-refractivity contribution < 1.29 is 4.79 Å². The summed E-state index contributed by atoms with van der Waals surface area (Å²) in [5.74, 6) is -0.0638. The summed E-state index contributed by atoms with van der Waals surface area (Å²) < 4.78 is 0. The van der Waals surface area contributed by atoms with Crippen molar-refractivity contribution in [1.29, 1.82) is 0 Å². The van der Waals surface area contributed by atoms with Gasteiger partial charge in [0.15, 0.2) is 0 Å². The molecular formula is C13H16ClNO. The zero-order valence-corrected chi connectivity index (χ0v) is 10.1. The number of hydrogen-bond acceptors (Lipinski definition) is 1. The quantitative estimate of drug-likeness (QED) is 0.786. The maximum atomic E-state index is 11.5. The van der Waals surface area contributed by atoms with Crippen LogP contribution in [-0.2, 0) is 17.6 Å². The van der Waals surface area contributed by atoms with Gasteiger partial charge in [-0.1, -0.05) is 24.3 Å². The molecule has 1 N–H and O–H groups in total. The van der Waals surface area contributed by atoms with Crippen LogP contribution in [0.4, 0.5) is 0 Å². The largest absolute Gasteiger partial charge is 0.352 e. The van der Waals surface area contributed by atoms with Crippen LogP contribution in [0.5, 0.6) is 0 Å². The van der Waals surface area contributed by atoms with E-state index in [4.69, 9.17) is 11.6 Å². The number of fused-ring (bicyclic) bond motifs is 1. The molecule has 0 saturated heterocycles. The highest BCUT2D eigenvalue weighted by atomic mass is 35.5. The Morgan fingerprint density at radius 2 is 2.12 bits per heavy atom. The fourth-order valence-electron chi connectivity index (χ4n) is 2.14. The molecule has 0 heterocycles. The number of nitrogens with one attached hydrogen (secondary N) is 1. The van der Waals surface area contributed by atoms with Crippen molar-refractivity contribution in [3.05, 3.63) is 35.4 Å². The molecule has 2 nitrogen and oxygen atoms in total. The minimum absolute atomic E-state index is 0.0638. The Kier molecular flexibility index (Phi) is 3.49. The fraction of sp³-hybridized carbons (Fsp3) is 0.462. The van der Waals surface area contributed by atoms with Gasteiger partial charge in [-0.2, -0.15) is 0 Å². The van der Waals surface area contributed by atoms with E-state index in [1.54, 1.807) is 6.92 Å². The van der Waals surface area contributed by atoms with Crippen molar-refractivity contribution >= 4 is 17.5 Å². The third kappa shape index (κ3) is 2.56. The zero-order chi connectivity index (χ0) is 11.5. The van der Waals surface area contributed by atoms with E-state index in [9.17, 15) is 4.79 Å². The number of carbonyl (C=O) groups is 1. The molecule has 0 fully saturated rings. The molecule has 86 valence electrons. The lowest BCUT2D eigenvalue weighted by molar-refractivity contribution is -0.121. The Hall–Kier alpha value is -1.02. The number of halogens is 1. The number of hydrogen-bond donors (Lipinski definition) is 1. The maximum absolute atomic E-state index is 11.5. The van der Waals surface area contributed by atoms with E-state index in [0.29, 0.717) is 0 Å². The molecular weight excluding hydrogens is 222 g/mol. The van der Waals surface area contributed by atoms with Crippen LogP contribution in [0.1, 0.15) is 24.5 Å². The molecule has 0 aromatic heterocycles. The Balaban J connectivity index is 2.00. The van der Waals surface area contributed by atoms with Gasteiger partial charge in [0.2, 0.25) is 5.91 Å². The van der Waals surface area contributed by atoms with Crippen molar-refractivity contribution in [3.8, 4) is 0 Å². The van der Waals surface area contributed by atoms with Crippen LogP contribution in [0.25, 0.3) is 0 Å². The highest BCUT2D eigenvalue weighted by Gasteiger charge is 2.21. The molecule has 2 atom stereocenters. The van der Waals surface area contributed by atoms with Gasteiger partial charge in [-0.05, 0) is 37.3 Å². The van der Waals surface area contributed by atoms with Gasteiger partial charge in [0.05, 0.1) is 0 Å². The van der Waals surface area contributed by atoms with Crippen LogP contribution in [0.3, 0.4) is 0 Å². The van der Waals surface area contributed by atoms with Crippen LogP contribution in [0, 0.1) is 0 Å². The van der Waals surface area contributed by atoms with Crippen molar-refractivity contribution in [2.75, 3.05) is 0 Å². The Morgan fingerprint density at radius 1 is 1.44 bits per heavy atom. The third-order valence-electron chi connectivity index (χ3n) is 3.05. The highest BCUT2D eigenvalue weighted by Crippen LogP contribution is 2.21. The van der Waals surface area contributed by atoms with Crippen molar-refractivity contribution in [1.82, 2.24) is 5.32 Å². The number of amides is 1. The normalized spacial score (nSPS) is 21.0. The highest BCUT2D eigenvalue weighted by molar-refractivity contribution is 6.30. The molecule has 0 radical (unpaired) electrons. The first-order valence-corrected chi connectivity index (χ1v) is 6.11. The molecule has 1 aromatic carbocycles. The van der Waals surface area contributed by atoms with E-state index >= 15 is 0 Å². The summed E-state index contributed by atoms with van der Waals surface area (Å²) in [6.45, 7) is 1.70. The second-order valence-electron chi connectivity index (χ2n) is 4.33. The predicted molar refractivity (Wildman–Crippen MR) is 65.7 cm³/mol. The number of aryl methyl sites for hydroxylation is 1. The Labute approximate surface area is 101 Å². The van der Waals surface area contributed by atoms with Gasteiger partial charge in [0, 0.05) is 6.04 Å². The molecule has 3 heteroatoms. The van der Waals surface area contributed by atoms with Crippen molar-refractivity contribution in [2.45, 2.75) is 37.6 Å². The monoisotopic (exact) mass is 237 g/mol. The molecule has 0 saturated carbocycles. The maximum Gasteiger partial charge on any atom is 0.237 e. The molecule has 1 amide bonds. The molecule has 2 rings (SSSR count). The minimum atomic E-state index is -0.447. The Morgan fingerprint density at radius 3 is 2.81 bits per heavy atom. The first-order valence-electron chi connectivity index (χ1n) is 5.68. The average molecular weight is 238 g/mol. The van der Waals surface area contributed by atoms with Gasteiger partial charge in [-0.15, -0.1) is 11.6 Å². The van der Waals surface area contributed by atoms with Gasteiger partial charge in [-0.25, -0.2) is 0 Å². The predicted octanol–water partition coefficient (Wildman–Crippen LogP) is 2.29. The minimum Gasteiger partial charge on any atom is -0.352 e. The van der Waals surface area contributed by atoms with Crippen LogP contribution in [0.2, 0.25) is 0 Å². The number of carbonyl (C=O) groups excluding carboxylic acids is 1. The molecule has 0 bridgehead atoms. The smallest absolute Gasteiger partial charge is 0.237 e. The van der Waals surface area contributed by atoms with Gasteiger partial charge < -0.3 is 5.32 Å². The second-order valence-corrected chi connectivity index (χ2v) is 4.99. The summed E-state index contributed by atoms with van der Waals surface area (Å²) in [7, 11) is 0. The van der Waals surface area contributed by atoms with Gasteiger partial charge in [-0.3, -0.25) is 4.79 Å². The Bertz CT molecular complexity index is 389. The topological polar surface area (TPSA) is 29.1 Å². The summed E-state index contributed by atoms with van der Waals surface area (Å²) >= 11 is 5.74. The summed E-state index contributed by atoms with van der Waals surface area (Å²) in [5, 5.41) is 2.54. The zero-order valence-electron chi connectivity index (χ0n) is 9.37. The number of alkyl halides is 1. The third-order valence-corrected chi connectivity index (χ3v) is 3.25. The molecule has 0 aliphatic heterocycles. The van der Waals surface area contributed by atoms with Crippen LogP contribution >= 0.6 is 11.6 Å². The molecule has 2 unspecified atom stereocenters. The fourth-order valence-corrected chi connectivity index (χ4v) is 2.20. The molecule has 1 aromatic rings. The van der Waals surface area contributed by atoms with E-state index < -0.39 is 5.38 Å². The summed E-state index contributed by atoms with van der Waals surface area (Å²) in [6, 6.07) is 8.66. The van der Waals surface area contributed by atoms with Crippen molar-refractivity contribution in [2.24, 2.45) is 0 Å². The van der Waals surface area contributed by atoms with Gasteiger partial charge in [0.1, 0.15) is 5.38 Å². The van der Waals surface area contributed by atoms with Crippen LogP contribution < -0.4 is 5.32 Å². The SMILES string of the molecule is CC(Cl)C(=O)NC1CCc2ccccc2C1. The number of benzene rings is 1. The van der Waals surface area contributed by atoms with E-state index in [-0.39, 0.29) is 11.9 Å². The van der Waals surface area contributed by atoms with Gasteiger partial charge >= 0.3 is 0 Å². The molecule has 1 aliphatic carbocycles. The molecule has 1 aliphatic rings. The van der Waals surface area contributed by atoms with Crippen molar-refractivity contribution in [3.63, 3.8) is 0 Å². The second kappa shape index (κ2) is 4.88. The van der Waals surface area contributed by atoms with E-state index in [1.165, 1.54) is 11.1 Å². The summed E-state index contributed by atoms with van der Waals surface area (Å²) in [6.07, 6.45) is 2.97. The average Bonchev–Trinajstić information content (AvgIpc) is 2.28.